The molecular formula is C11H12N4O5. The van der Waals surface area contributed by atoms with E-state index >= 15 is 0 Å². The van der Waals surface area contributed by atoms with Gasteiger partial charge < -0.3 is 15.5 Å². The van der Waals surface area contributed by atoms with Crippen molar-refractivity contribution in [2.75, 3.05) is 6.61 Å². The van der Waals surface area contributed by atoms with Gasteiger partial charge in [-0.05, 0) is 12.1 Å². The molecule has 2 rings (SSSR count). The third-order valence-electron chi connectivity index (χ3n) is 2.60. The Kier molecular flexibility index (Phi) is 3.80. The molecule has 0 fully saturated rings. The summed E-state index contributed by atoms with van der Waals surface area (Å²) in [6.45, 7) is -1.16. The molecule has 1 unspecified atom stereocenters. The van der Waals surface area contributed by atoms with E-state index in [1.165, 1.54) is 10.6 Å². The molecule has 106 valence electrons. The van der Waals surface area contributed by atoms with E-state index in [1.807, 2.05) is 0 Å². The SMILES string of the molecule is O=C(Cn1nc2ccccn2c1=O)NC(CO)C(=O)O. The number of aliphatic hydroxyl groups excluding tert-OH is 1. The van der Waals surface area contributed by atoms with Gasteiger partial charge in [0.25, 0.3) is 0 Å². The van der Waals surface area contributed by atoms with Crippen molar-refractivity contribution in [2.24, 2.45) is 0 Å². The second-order valence-electron chi connectivity index (χ2n) is 4.01. The maximum Gasteiger partial charge on any atom is 0.350 e. The first-order chi connectivity index (χ1) is 9.52. The van der Waals surface area contributed by atoms with Crippen LogP contribution in [-0.2, 0) is 16.1 Å². The van der Waals surface area contributed by atoms with E-state index < -0.39 is 36.8 Å². The number of rotatable bonds is 5. The van der Waals surface area contributed by atoms with Crippen LogP contribution in [0.4, 0.5) is 0 Å². The van der Waals surface area contributed by atoms with Crippen LogP contribution < -0.4 is 11.0 Å². The molecule has 0 aliphatic carbocycles. The second-order valence-corrected chi connectivity index (χ2v) is 4.01. The first-order valence-electron chi connectivity index (χ1n) is 5.70. The van der Waals surface area contributed by atoms with Crippen LogP contribution in [0.5, 0.6) is 0 Å². The molecule has 9 nitrogen and oxygen atoms in total. The van der Waals surface area contributed by atoms with Crippen LogP contribution in [0.15, 0.2) is 29.2 Å². The lowest BCUT2D eigenvalue weighted by Crippen LogP contribution is -2.45. The van der Waals surface area contributed by atoms with Crippen molar-refractivity contribution < 1.29 is 19.8 Å². The maximum atomic E-state index is 11.9. The molecule has 1 amide bonds. The highest BCUT2D eigenvalue weighted by molar-refractivity contribution is 5.83. The summed E-state index contributed by atoms with van der Waals surface area (Å²) in [4.78, 5) is 34.2. The normalized spacial score (nSPS) is 12.2. The molecule has 1 atom stereocenters. The molecule has 0 aromatic carbocycles. The fourth-order valence-electron chi connectivity index (χ4n) is 1.63. The molecule has 3 N–H and O–H groups in total. The van der Waals surface area contributed by atoms with Gasteiger partial charge in [-0.25, -0.2) is 14.3 Å². The highest BCUT2D eigenvalue weighted by atomic mass is 16.4. The number of carboxylic acid groups (broad SMARTS) is 1. The van der Waals surface area contributed by atoms with Gasteiger partial charge in [-0.15, -0.1) is 5.10 Å². The van der Waals surface area contributed by atoms with E-state index in [9.17, 15) is 14.4 Å². The lowest BCUT2D eigenvalue weighted by molar-refractivity contribution is -0.143. The largest absolute Gasteiger partial charge is 0.480 e. The van der Waals surface area contributed by atoms with Crippen molar-refractivity contribution in [1.82, 2.24) is 19.5 Å². The average molecular weight is 280 g/mol. The van der Waals surface area contributed by atoms with Gasteiger partial charge >= 0.3 is 11.7 Å². The fraction of sp³-hybridized carbons (Fsp3) is 0.273. The summed E-state index contributed by atoms with van der Waals surface area (Å²) in [7, 11) is 0. The van der Waals surface area contributed by atoms with Crippen LogP contribution in [0.3, 0.4) is 0 Å². The molecule has 0 radical (unpaired) electrons. The summed E-state index contributed by atoms with van der Waals surface area (Å²) in [6.07, 6.45) is 1.51. The Morgan fingerprint density at radius 3 is 2.75 bits per heavy atom. The van der Waals surface area contributed by atoms with Crippen molar-refractivity contribution in [2.45, 2.75) is 12.6 Å². The summed E-state index contributed by atoms with van der Waals surface area (Å²) in [5.74, 6) is -2.08. The quantitative estimate of drug-likeness (QED) is 0.585. The van der Waals surface area contributed by atoms with Crippen LogP contribution >= 0.6 is 0 Å². The zero-order valence-electron chi connectivity index (χ0n) is 10.3. The fourth-order valence-corrected chi connectivity index (χ4v) is 1.63. The number of carbonyl (C=O) groups is 2. The summed E-state index contributed by atoms with van der Waals surface area (Å²) in [6, 6.07) is 3.53. The highest BCUT2D eigenvalue weighted by Crippen LogP contribution is 1.95. The van der Waals surface area contributed by atoms with Crippen molar-refractivity contribution in [1.29, 1.82) is 0 Å². The minimum atomic E-state index is -1.41. The van der Waals surface area contributed by atoms with Crippen LogP contribution in [0.1, 0.15) is 0 Å². The predicted octanol–water partition coefficient (Wildman–Crippen LogP) is -1.94. The summed E-state index contributed by atoms with van der Waals surface area (Å²) in [5.41, 5.74) is -0.131. The number of aliphatic hydroxyl groups is 1. The first kappa shape index (κ1) is 13.7. The number of nitrogens with one attached hydrogen (secondary N) is 1. The van der Waals surface area contributed by atoms with E-state index in [1.54, 1.807) is 18.2 Å². The second kappa shape index (κ2) is 5.53. The summed E-state index contributed by atoms with van der Waals surface area (Å²) >= 11 is 0. The highest BCUT2D eigenvalue weighted by Gasteiger charge is 2.19. The Morgan fingerprint density at radius 1 is 1.40 bits per heavy atom. The molecule has 0 aliphatic rings. The number of fused-ring (bicyclic) bond motifs is 1. The molecule has 20 heavy (non-hydrogen) atoms. The number of carboxylic acids is 1. The Bertz CT molecular complexity index is 704. The number of hydrogen-bond acceptors (Lipinski definition) is 5. The standard InChI is InChI=1S/C11H12N4O5/c16-6-7(10(18)19)12-9(17)5-15-11(20)14-4-2-1-3-8(14)13-15/h1-4,7,16H,5-6H2,(H,12,17)(H,18,19). The van der Waals surface area contributed by atoms with Crippen molar-refractivity contribution in [3.8, 4) is 0 Å². The number of pyridine rings is 1. The zero-order chi connectivity index (χ0) is 14.7. The van der Waals surface area contributed by atoms with E-state index in [-0.39, 0.29) is 0 Å². The Balaban J connectivity index is 2.16. The summed E-state index contributed by atoms with van der Waals surface area (Å²) < 4.78 is 2.18. The minimum absolute atomic E-state index is 0.377. The molecule has 2 aromatic heterocycles. The van der Waals surface area contributed by atoms with E-state index in [4.69, 9.17) is 10.2 Å². The van der Waals surface area contributed by atoms with Gasteiger partial charge in [0.2, 0.25) is 5.91 Å². The minimum Gasteiger partial charge on any atom is -0.480 e. The lowest BCUT2D eigenvalue weighted by atomic mass is 10.3. The van der Waals surface area contributed by atoms with Crippen LogP contribution in [-0.4, -0.2) is 48.9 Å². The van der Waals surface area contributed by atoms with Gasteiger partial charge in [-0.1, -0.05) is 6.07 Å². The predicted molar refractivity (Wildman–Crippen MR) is 66.1 cm³/mol. The zero-order valence-corrected chi connectivity index (χ0v) is 10.3. The van der Waals surface area contributed by atoms with Gasteiger partial charge in [0.1, 0.15) is 12.6 Å². The third-order valence-corrected chi connectivity index (χ3v) is 2.60. The number of nitrogens with zero attached hydrogens (tertiary/aromatic N) is 3. The van der Waals surface area contributed by atoms with Gasteiger partial charge in [-0.3, -0.25) is 9.20 Å². The molecule has 0 aliphatic heterocycles. The first-order valence-corrected chi connectivity index (χ1v) is 5.70. The number of carbonyl (C=O) groups excluding carboxylic acids is 1. The van der Waals surface area contributed by atoms with Gasteiger partial charge in [-0.2, -0.15) is 0 Å². The maximum absolute atomic E-state index is 11.9. The van der Waals surface area contributed by atoms with E-state index in [0.29, 0.717) is 5.65 Å². The topological polar surface area (TPSA) is 126 Å². The number of amides is 1. The average Bonchev–Trinajstić information content (AvgIpc) is 2.73. The lowest BCUT2D eigenvalue weighted by Gasteiger charge is -2.10. The Hall–Kier alpha value is -2.68. The number of hydrogen-bond donors (Lipinski definition) is 3. The van der Waals surface area contributed by atoms with Gasteiger partial charge in [0.05, 0.1) is 6.61 Å². The third kappa shape index (κ3) is 2.67. The molecule has 9 heteroatoms. The molecule has 2 heterocycles. The van der Waals surface area contributed by atoms with E-state index in [0.717, 1.165) is 4.68 Å². The molecule has 2 aromatic rings. The van der Waals surface area contributed by atoms with Crippen LogP contribution in [0, 0.1) is 0 Å². The smallest absolute Gasteiger partial charge is 0.350 e. The van der Waals surface area contributed by atoms with E-state index in [2.05, 4.69) is 10.4 Å². The Labute approximate surface area is 112 Å². The number of aliphatic carboxylic acids is 1. The monoisotopic (exact) mass is 280 g/mol. The van der Waals surface area contributed by atoms with Crippen molar-refractivity contribution in [3.05, 3.63) is 34.9 Å². The molecule has 0 saturated heterocycles. The number of aromatic nitrogens is 3. The van der Waals surface area contributed by atoms with Crippen molar-refractivity contribution >= 4 is 17.5 Å². The Morgan fingerprint density at radius 2 is 2.15 bits per heavy atom. The summed E-state index contributed by atoms with van der Waals surface area (Å²) in [5, 5.41) is 23.5. The molecular weight excluding hydrogens is 268 g/mol. The molecule has 0 saturated carbocycles. The van der Waals surface area contributed by atoms with Gasteiger partial charge in [0, 0.05) is 6.20 Å². The molecule has 0 bridgehead atoms. The van der Waals surface area contributed by atoms with Crippen LogP contribution in [0.25, 0.3) is 5.65 Å². The van der Waals surface area contributed by atoms with Gasteiger partial charge in [0.15, 0.2) is 5.65 Å². The van der Waals surface area contributed by atoms with Crippen molar-refractivity contribution in [3.63, 3.8) is 0 Å². The van der Waals surface area contributed by atoms with Crippen LogP contribution in [0.2, 0.25) is 0 Å². The molecule has 0 spiro atoms.